The van der Waals surface area contributed by atoms with Crippen LogP contribution in [0.3, 0.4) is 0 Å². The summed E-state index contributed by atoms with van der Waals surface area (Å²) in [6.07, 6.45) is 0. The number of hydrogen-bond acceptors (Lipinski definition) is 4. The molecule has 0 spiro atoms. The minimum Gasteiger partial charge on any atom is -0.350 e. The summed E-state index contributed by atoms with van der Waals surface area (Å²) in [6, 6.07) is 0. The summed E-state index contributed by atoms with van der Waals surface area (Å²) in [4.78, 5) is 16.1. The molecule has 0 saturated heterocycles. The largest absolute Gasteiger partial charge is 0.350 e. The van der Waals surface area contributed by atoms with Crippen LogP contribution in [0.2, 0.25) is 0 Å². The first kappa shape index (κ1) is 17.5. The second-order valence-corrected chi connectivity index (χ2v) is 5.21. The fourth-order valence-corrected chi connectivity index (χ4v) is 2.58. The lowest BCUT2D eigenvalue weighted by Gasteiger charge is -2.25. The molecular weight excluding hydrogens is 266 g/mol. The zero-order valence-electron chi connectivity index (χ0n) is 14.2. The van der Waals surface area contributed by atoms with E-state index in [-0.39, 0.29) is 5.91 Å². The fourth-order valence-electron chi connectivity index (χ4n) is 2.58. The van der Waals surface area contributed by atoms with Crippen LogP contribution < -0.4 is 10.2 Å². The summed E-state index contributed by atoms with van der Waals surface area (Å²) in [5, 5.41) is 7.82. The molecule has 0 aliphatic heterocycles. The lowest BCUT2D eigenvalue weighted by molar-refractivity contribution is -0.129. The highest BCUT2D eigenvalue weighted by atomic mass is 16.2. The van der Waals surface area contributed by atoms with Crippen LogP contribution in [0.25, 0.3) is 0 Å². The van der Waals surface area contributed by atoms with Crippen LogP contribution in [0.15, 0.2) is 0 Å². The van der Waals surface area contributed by atoms with Crippen molar-refractivity contribution in [1.29, 1.82) is 0 Å². The zero-order chi connectivity index (χ0) is 16.0. The molecule has 0 fully saturated rings. The van der Waals surface area contributed by atoms with E-state index < -0.39 is 0 Å². The van der Waals surface area contributed by atoms with Gasteiger partial charge in [-0.3, -0.25) is 9.48 Å². The first-order chi connectivity index (χ1) is 9.96. The lowest BCUT2D eigenvalue weighted by atomic mass is 10.2. The standard InChI is InChI=1S/C15H29N5O/c1-7-16-10-13-12(4)17-19(6)15(13)18(5)11-14(21)20(8-2)9-3/h16H,7-11H2,1-6H3. The topological polar surface area (TPSA) is 53.4 Å². The second kappa shape index (κ2) is 8.02. The van der Waals surface area contributed by atoms with Crippen LogP contribution >= 0.6 is 0 Å². The maximum Gasteiger partial charge on any atom is 0.242 e. The van der Waals surface area contributed by atoms with Gasteiger partial charge in [0, 0.05) is 39.3 Å². The molecule has 0 aromatic carbocycles. The Kier molecular flexibility index (Phi) is 6.68. The minimum atomic E-state index is 0.149. The van der Waals surface area contributed by atoms with Gasteiger partial charge in [0.05, 0.1) is 12.2 Å². The van der Waals surface area contributed by atoms with Gasteiger partial charge in [0.25, 0.3) is 0 Å². The van der Waals surface area contributed by atoms with Crippen LogP contribution in [0.1, 0.15) is 32.0 Å². The summed E-state index contributed by atoms with van der Waals surface area (Å²) in [6.45, 7) is 11.7. The highest BCUT2D eigenvalue weighted by molar-refractivity contribution is 5.81. The number of hydrogen-bond donors (Lipinski definition) is 1. The van der Waals surface area contributed by atoms with E-state index in [2.05, 4.69) is 17.3 Å². The number of nitrogens with one attached hydrogen (secondary N) is 1. The van der Waals surface area contributed by atoms with Crippen molar-refractivity contribution in [3.63, 3.8) is 0 Å². The first-order valence-electron chi connectivity index (χ1n) is 7.68. The first-order valence-corrected chi connectivity index (χ1v) is 7.68. The summed E-state index contributed by atoms with van der Waals surface area (Å²) in [5.41, 5.74) is 2.17. The molecule has 1 heterocycles. The maximum absolute atomic E-state index is 12.3. The molecule has 120 valence electrons. The van der Waals surface area contributed by atoms with Gasteiger partial charge in [-0.1, -0.05) is 6.92 Å². The van der Waals surface area contributed by atoms with Crippen LogP contribution in [0, 0.1) is 6.92 Å². The SMILES string of the molecule is CCNCc1c(C)nn(C)c1N(C)CC(=O)N(CC)CC. The van der Waals surface area contributed by atoms with Gasteiger partial charge in [-0.05, 0) is 27.3 Å². The van der Waals surface area contributed by atoms with Gasteiger partial charge < -0.3 is 15.1 Å². The number of carbonyl (C=O) groups excluding carboxylic acids is 1. The van der Waals surface area contributed by atoms with Crippen molar-refractivity contribution in [2.75, 3.05) is 38.1 Å². The molecule has 21 heavy (non-hydrogen) atoms. The predicted molar refractivity (Wildman–Crippen MR) is 86.5 cm³/mol. The minimum absolute atomic E-state index is 0.149. The smallest absolute Gasteiger partial charge is 0.242 e. The Morgan fingerprint density at radius 1 is 1.29 bits per heavy atom. The van der Waals surface area contributed by atoms with Gasteiger partial charge in [-0.2, -0.15) is 5.10 Å². The van der Waals surface area contributed by atoms with Crippen molar-refractivity contribution in [3.8, 4) is 0 Å². The summed E-state index contributed by atoms with van der Waals surface area (Å²) < 4.78 is 1.86. The lowest BCUT2D eigenvalue weighted by Crippen LogP contribution is -2.39. The van der Waals surface area contributed by atoms with E-state index >= 15 is 0 Å². The number of nitrogens with zero attached hydrogens (tertiary/aromatic N) is 4. The van der Waals surface area contributed by atoms with E-state index in [4.69, 9.17) is 0 Å². The number of aromatic nitrogens is 2. The molecule has 1 aromatic heterocycles. The van der Waals surface area contributed by atoms with E-state index in [1.807, 2.05) is 49.3 Å². The molecule has 1 amide bonds. The van der Waals surface area contributed by atoms with Gasteiger partial charge in [-0.25, -0.2) is 0 Å². The highest BCUT2D eigenvalue weighted by Crippen LogP contribution is 2.22. The summed E-state index contributed by atoms with van der Waals surface area (Å²) >= 11 is 0. The Morgan fingerprint density at radius 2 is 1.90 bits per heavy atom. The molecule has 6 nitrogen and oxygen atoms in total. The highest BCUT2D eigenvalue weighted by Gasteiger charge is 2.20. The Bertz CT molecular complexity index is 465. The summed E-state index contributed by atoms with van der Waals surface area (Å²) in [7, 11) is 3.88. The molecule has 6 heteroatoms. The van der Waals surface area contributed by atoms with Gasteiger partial charge in [0.2, 0.25) is 5.91 Å². The van der Waals surface area contributed by atoms with Crippen molar-refractivity contribution in [2.24, 2.45) is 7.05 Å². The molecular formula is C15H29N5O. The molecule has 0 aliphatic carbocycles. The molecule has 0 atom stereocenters. The molecule has 1 rings (SSSR count). The zero-order valence-corrected chi connectivity index (χ0v) is 14.2. The van der Waals surface area contributed by atoms with Crippen LogP contribution in [0.5, 0.6) is 0 Å². The average Bonchev–Trinajstić information content (AvgIpc) is 2.71. The third-order valence-corrected chi connectivity index (χ3v) is 3.72. The third-order valence-electron chi connectivity index (χ3n) is 3.72. The van der Waals surface area contributed by atoms with Crippen molar-refractivity contribution in [3.05, 3.63) is 11.3 Å². The van der Waals surface area contributed by atoms with Gasteiger partial charge in [-0.15, -0.1) is 0 Å². The maximum atomic E-state index is 12.3. The second-order valence-electron chi connectivity index (χ2n) is 5.21. The Morgan fingerprint density at radius 3 is 2.43 bits per heavy atom. The fraction of sp³-hybridized carbons (Fsp3) is 0.733. The summed E-state index contributed by atoms with van der Waals surface area (Å²) in [5.74, 6) is 1.16. The number of likely N-dealkylation sites (N-methyl/N-ethyl adjacent to an activating group) is 2. The van der Waals surface area contributed by atoms with Gasteiger partial charge in [0.15, 0.2) is 0 Å². The molecule has 0 bridgehead atoms. The molecule has 0 radical (unpaired) electrons. The van der Waals surface area contributed by atoms with Gasteiger partial charge in [0.1, 0.15) is 5.82 Å². The van der Waals surface area contributed by atoms with E-state index in [1.54, 1.807) is 0 Å². The van der Waals surface area contributed by atoms with E-state index in [1.165, 1.54) is 0 Å². The van der Waals surface area contributed by atoms with Crippen molar-refractivity contribution in [1.82, 2.24) is 20.0 Å². The van der Waals surface area contributed by atoms with Crippen molar-refractivity contribution < 1.29 is 4.79 Å². The Balaban J connectivity index is 2.91. The average molecular weight is 295 g/mol. The number of amides is 1. The van der Waals surface area contributed by atoms with Crippen LogP contribution in [-0.2, 0) is 18.4 Å². The quantitative estimate of drug-likeness (QED) is 0.781. The molecule has 1 N–H and O–H groups in total. The molecule has 1 aromatic rings. The van der Waals surface area contributed by atoms with Crippen LogP contribution in [0.4, 0.5) is 5.82 Å². The predicted octanol–water partition coefficient (Wildman–Crippen LogP) is 1.14. The van der Waals surface area contributed by atoms with Gasteiger partial charge >= 0.3 is 0 Å². The number of anilines is 1. The van der Waals surface area contributed by atoms with E-state index in [9.17, 15) is 4.79 Å². The van der Waals surface area contributed by atoms with Crippen LogP contribution in [-0.4, -0.2) is 53.8 Å². The van der Waals surface area contributed by atoms with Crippen molar-refractivity contribution >= 4 is 11.7 Å². The van der Waals surface area contributed by atoms with E-state index in [0.717, 1.165) is 43.3 Å². The number of rotatable bonds is 8. The molecule has 0 aliphatic rings. The molecule has 0 unspecified atom stereocenters. The van der Waals surface area contributed by atoms with E-state index in [0.29, 0.717) is 6.54 Å². The molecule has 0 saturated carbocycles. The Labute approximate surface area is 128 Å². The Hall–Kier alpha value is -1.56. The monoisotopic (exact) mass is 295 g/mol. The normalized spacial score (nSPS) is 10.8. The number of carbonyl (C=O) groups is 1. The number of aryl methyl sites for hydroxylation is 2. The third kappa shape index (κ3) is 4.20. The van der Waals surface area contributed by atoms with Crippen molar-refractivity contribution in [2.45, 2.75) is 34.2 Å².